The van der Waals surface area contributed by atoms with Gasteiger partial charge in [-0.25, -0.2) is 15.0 Å². The van der Waals surface area contributed by atoms with Crippen LogP contribution < -0.4 is 0 Å². The number of hydrogen-bond donors (Lipinski definition) is 0. The Morgan fingerprint density at radius 1 is 0.364 bits per heavy atom. The lowest BCUT2D eigenvalue weighted by Crippen LogP contribution is -2.27. The first-order valence-electron chi connectivity index (χ1n) is 19.4. The van der Waals surface area contributed by atoms with Crippen molar-refractivity contribution in [2.45, 2.75) is 37.5 Å². The summed E-state index contributed by atoms with van der Waals surface area (Å²) in [4.78, 5) is 15.3. The lowest BCUT2D eigenvalue weighted by molar-refractivity contribution is 0.353. The molecule has 7 aromatic carbocycles. The van der Waals surface area contributed by atoms with E-state index in [9.17, 15) is 0 Å². The third-order valence-corrected chi connectivity index (χ3v) is 12.0. The first-order valence-corrected chi connectivity index (χ1v) is 19.4. The Balaban J connectivity index is 1.00. The van der Waals surface area contributed by atoms with Crippen LogP contribution in [0.5, 0.6) is 0 Å². The first-order chi connectivity index (χ1) is 27.2. The maximum atomic E-state index is 6.27. The molecule has 2 aliphatic carbocycles. The van der Waals surface area contributed by atoms with Crippen LogP contribution in [0, 0.1) is 0 Å². The Morgan fingerprint density at radius 2 is 0.927 bits per heavy atom. The molecule has 0 aliphatic heterocycles. The van der Waals surface area contributed by atoms with E-state index in [0.29, 0.717) is 17.5 Å². The van der Waals surface area contributed by atoms with Gasteiger partial charge in [0.05, 0.1) is 0 Å². The van der Waals surface area contributed by atoms with Crippen molar-refractivity contribution in [2.75, 3.05) is 0 Å². The molecule has 2 aromatic heterocycles. The van der Waals surface area contributed by atoms with E-state index in [4.69, 9.17) is 19.4 Å². The van der Waals surface area contributed by atoms with Gasteiger partial charge in [0, 0.05) is 32.9 Å². The third-order valence-electron chi connectivity index (χ3n) is 12.0. The number of aromatic nitrogens is 3. The molecular weight excluding hydrogens is 671 g/mol. The maximum absolute atomic E-state index is 6.27. The largest absolute Gasteiger partial charge is 0.456 e. The highest BCUT2D eigenvalue weighted by Gasteiger charge is 2.43. The van der Waals surface area contributed by atoms with Crippen molar-refractivity contribution in [3.8, 4) is 67.5 Å². The van der Waals surface area contributed by atoms with E-state index >= 15 is 0 Å². The van der Waals surface area contributed by atoms with E-state index in [2.05, 4.69) is 133 Å². The molecule has 0 amide bonds. The lowest BCUT2D eigenvalue weighted by Gasteiger charge is -2.36. The highest BCUT2D eigenvalue weighted by atomic mass is 16.3. The topological polar surface area (TPSA) is 51.8 Å². The van der Waals surface area contributed by atoms with E-state index < -0.39 is 0 Å². The minimum atomic E-state index is 0.163. The SMILES string of the molecule is c1ccc(-c2cccc(-c3nc(-c4ccc(-c5ccc6c(c5)-c5ccccc5C65CCCCC5)cc4)nc(-c4ccc5c(c4)oc4ccccc45)n3)c2)cc1. The van der Waals surface area contributed by atoms with Gasteiger partial charge in [-0.2, -0.15) is 0 Å². The molecule has 0 bridgehead atoms. The fourth-order valence-corrected chi connectivity index (χ4v) is 9.25. The number of benzene rings is 7. The molecule has 1 saturated carbocycles. The van der Waals surface area contributed by atoms with E-state index in [1.54, 1.807) is 0 Å². The van der Waals surface area contributed by atoms with Gasteiger partial charge in [0.2, 0.25) is 0 Å². The second-order valence-electron chi connectivity index (χ2n) is 15.1. The van der Waals surface area contributed by atoms with Gasteiger partial charge in [-0.3, -0.25) is 0 Å². The molecule has 0 N–H and O–H groups in total. The number of hydrogen-bond acceptors (Lipinski definition) is 4. The number of para-hydroxylation sites is 1. The van der Waals surface area contributed by atoms with Gasteiger partial charge >= 0.3 is 0 Å². The fraction of sp³-hybridized carbons (Fsp3) is 0.118. The van der Waals surface area contributed by atoms with Gasteiger partial charge in [0.15, 0.2) is 17.5 Å². The van der Waals surface area contributed by atoms with Crippen LogP contribution in [-0.2, 0) is 5.41 Å². The minimum Gasteiger partial charge on any atom is -0.456 e. The van der Waals surface area contributed by atoms with Crippen LogP contribution >= 0.6 is 0 Å². The summed E-state index contributed by atoms with van der Waals surface area (Å²) in [7, 11) is 0. The molecule has 9 aromatic rings. The summed E-state index contributed by atoms with van der Waals surface area (Å²) in [6, 6.07) is 58.2. The molecule has 0 saturated heterocycles. The minimum absolute atomic E-state index is 0.163. The van der Waals surface area contributed by atoms with Gasteiger partial charge in [-0.05, 0) is 87.7 Å². The van der Waals surface area contributed by atoms with Crippen molar-refractivity contribution >= 4 is 21.9 Å². The van der Waals surface area contributed by atoms with Crippen LogP contribution in [0.25, 0.3) is 89.5 Å². The predicted molar refractivity (Wildman–Crippen MR) is 224 cm³/mol. The Hall–Kier alpha value is -6.65. The Labute approximate surface area is 320 Å². The number of fused-ring (bicyclic) bond motifs is 8. The van der Waals surface area contributed by atoms with Crippen LogP contribution in [0.3, 0.4) is 0 Å². The van der Waals surface area contributed by atoms with Crippen LogP contribution in [0.15, 0.2) is 168 Å². The van der Waals surface area contributed by atoms with Crippen molar-refractivity contribution in [3.05, 3.63) is 175 Å². The first kappa shape index (κ1) is 31.8. The highest BCUT2D eigenvalue weighted by molar-refractivity contribution is 6.05. The molecule has 11 rings (SSSR count). The van der Waals surface area contributed by atoms with Gasteiger partial charge < -0.3 is 4.42 Å². The van der Waals surface area contributed by atoms with Crippen LogP contribution in [0.1, 0.15) is 43.2 Å². The Morgan fingerprint density at radius 3 is 1.76 bits per heavy atom. The average Bonchev–Trinajstić information content (AvgIpc) is 3.76. The van der Waals surface area contributed by atoms with Crippen LogP contribution in [-0.4, -0.2) is 15.0 Å². The van der Waals surface area contributed by atoms with Crippen LogP contribution in [0.4, 0.5) is 0 Å². The summed E-state index contributed by atoms with van der Waals surface area (Å²) in [6.07, 6.45) is 6.41. The molecule has 0 atom stereocenters. The lowest BCUT2D eigenvalue weighted by atomic mass is 9.68. The second-order valence-corrected chi connectivity index (χ2v) is 15.1. The van der Waals surface area contributed by atoms with Gasteiger partial charge in [0.25, 0.3) is 0 Å². The predicted octanol–water partition coefficient (Wildman–Crippen LogP) is 13.3. The molecule has 2 aliphatic rings. The smallest absolute Gasteiger partial charge is 0.164 e. The maximum Gasteiger partial charge on any atom is 0.164 e. The quantitative estimate of drug-likeness (QED) is 0.179. The number of furan rings is 1. The molecule has 0 radical (unpaired) electrons. The van der Waals surface area contributed by atoms with E-state index in [0.717, 1.165) is 49.8 Å². The van der Waals surface area contributed by atoms with Crippen molar-refractivity contribution in [1.82, 2.24) is 15.0 Å². The second kappa shape index (κ2) is 12.7. The molecule has 2 heterocycles. The summed E-state index contributed by atoms with van der Waals surface area (Å²) in [6.45, 7) is 0. The van der Waals surface area contributed by atoms with E-state index in [1.165, 1.54) is 65.5 Å². The van der Waals surface area contributed by atoms with Gasteiger partial charge in [-0.1, -0.05) is 153 Å². The number of nitrogens with zero attached hydrogens (tertiary/aromatic N) is 3. The summed E-state index contributed by atoms with van der Waals surface area (Å²) >= 11 is 0. The molecule has 1 spiro atoms. The monoisotopic (exact) mass is 707 g/mol. The molecule has 1 fully saturated rings. The normalized spacial score (nSPS) is 14.3. The van der Waals surface area contributed by atoms with Gasteiger partial charge in [0.1, 0.15) is 11.2 Å². The standard InChI is InChI=1S/C51H37N3O/c1-3-12-33(13-4-1)36-14-11-15-38(30-36)49-52-48(53-50(54-49)39-24-26-42-41-17-6-8-19-46(41)55-47(42)32-39)35-22-20-34(21-23-35)37-25-27-45-43(31-37)40-16-5-7-18-44(40)51(45)28-9-2-10-29-51/h1,3-8,11-27,30-32H,2,9-10,28-29H2. The fourth-order valence-electron chi connectivity index (χ4n) is 9.25. The van der Waals surface area contributed by atoms with E-state index in [-0.39, 0.29) is 5.41 Å². The molecular formula is C51H37N3O. The van der Waals surface area contributed by atoms with Crippen molar-refractivity contribution in [2.24, 2.45) is 0 Å². The zero-order chi connectivity index (χ0) is 36.3. The summed E-state index contributed by atoms with van der Waals surface area (Å²) < 4.78 is 6.27. The molecule has 4 heteroatoms. The molecule has 0 unspecified atom stereocenters. The zero-order valence-electron chi connectivity index (χ0n) is 30.4. The van der Waals surface area contributed by atoms with Crippen molar-refractivity contribution in [3.63, 3.8) is 0 Å². The molecule has 262 valence electrons. The summed E-state index contributed by atoms with van der Waals surface area (Å²) in [5.74, 6) is 1.86. The zero-order valence-corrected chi connectivity index (χ0v) is 30.4. The van der Waals surface area contributed by atoms with Gasteiger partial charge in [-0.15, -0.1) is 0 Å². The molecule has 4 nitrogen and oxygen atoms in total. The average molecular weight is 708 g/mol. The summed E-state index contributed by atoms with van der Waals surface area (Å²) in [5, 5.41) is 2.17. The van der Waals surface area contributed by atoms with E-state index in [1.807, 2.05) is 30.3 Å². The van der Waals surface area contributed by atoms with Crippen LogP contribution in [0.2, 0.25) is 0 Å². The number of rotatable bonds is 5. The molecule has 55 heavy (non-hydrogen) atoms. The summed E-state index contributed by atoms with van der Waals surface area (Å²) in [5.41, 5.74) is 15.1. The Bertz CT molecular complexity index is 2900. The third kappa shape index (κ3) is 5.32. The Kier molecular flexibility index (Phi) is 7.38. The van der Waals surface area contributed by atoms with Crippen molar-refractivity contribution < 1.29 is 4.42 Å². The van der Waals surface area contributed by atoms with Crippen molar-refractivity contribution in [1.29, 1.82) is 0 Å². The highest BCUT2D eigenvalue weighted by Crippen LogP contribution is 2.56.